The molecule has 3 rings (SSSR count). The number of nitrogens with zero attached hydrogens (tertiary/aromatic N) is 2. The van der Waals surface area contributed by atoms with Gasteiger partial charge in [-0.3, -0.25) is 14.2 Å². The van der Waals surface area contributed by atoms with Gasteiger partial charge < -0.3 is 5.32 Å². The number of thioether (sulfide) groups is 1. The lowest BCUT2D eigenvalue weighted by atomic mass is 10.1. The Labute approximate surface area is 184 Å². The lowest BCUT2D eigenvalue weighted by Gasteiger charge is -2.17. The van der Waals surface area contributed by atoms with Gasteiger partial charge >= 0.3 is 6.18 Å². The number of amides is 1. The summed E-state index contributed by atoms with van der Waals surface area (Å²) in [5, 5.41) is 2.44. The SMILES string of the molecule is C=CCn1c(SC(C)C(=O)Nc2ccccc2C(F)(F)F)nc2cc(Cl)ccc2c1=O. The second kappa shape index (κ2) is 9.15. The van der Waals surface area contributed by atoms with Crippen molar-refractivity contribution >= 4 is 45.9 Å². The molecule has 31 heavy (non-hydrogen) atoms. The van der Waals surface area contributed by atoms with Gasteiger partial charge in [0.2, 0.25) is 5.91 Å². The first kappa shape index (κ1) is 22.9. The van der Waals surface area contributed by atoms with Crippen LogP contribution >= 0.6 is 23.4 Å². The van der Waals surface area contributed by atoms with Crippen LogP contribution in [0.25, 0.3) is 10.9 Å². The van der Waals surface area contributed by atoms with E-state index in [0.29, 0.717) is 15.9 Å². The Morgan fingerprint density at radius 2 is 2.03 bits per heavy atom. The highest BCUT2D eigenvalue weighted by Gasteiger charge is 2.34. The van der Waals surface area contributed by atoms with E-state index in [1.807, 2.05) is 0 Å². The largest absolute Gasteiger partial charge is 0.418 e. The topological polar surface area (TPSA) is 64.0 Å². The molecule has 0 aliphatic heterocycles. The molecule has 0 bridgehead atoms. The summed E-state index contributed by atoms with van der Waals surface area (Å²) >= 11 is 6.95. The summed E-state index contributed by atoms with van der Waals surface area (Å²) in [5.74, 6) is -0.660. The fourth-order valence-corrected chi connectivity index (χ4v) is 3.92. The van der Waals surface area contributed by atoms with Crippen LogP contribution < -0.4 is 10.9 Å². The van der Waals surface area contributed by atoms with E-state index in [-0.39, 0.29) is 22.9 Å². The smallest absolute Gasteiger partial charge is 0.325 e. The van der Waals surface area contributed by atoms with Crippen molar-refractivity contribution in [3.05, 3.63) is 76.1 Å². The van der Waals surface area contributed by atoms with E-state index in [4.69, 9.17) is 11.6 Å². The van der Waals surface area contributed by atoms with Gasteiger partial charge in [-0.15, -0.1) is 6.58 Å². The van der Waals surface area contributed by atoms with E-state index in [1.165, 1.54) is 41.8 Å². The van der Waals surface area contributed by atoms with Crippen LogP contribution in [0, 0.1) is 0 Å². The number of halogens is 4. The molecule has 0 aliphatic rings. The minimum atomic E-state index is -4.61. The Bertz CT molecular complexity index is 1210. The summed E-state index contributed by atoms with van der Waals surface area (Å²) in [6, 6.07) is 9.39. The molecule has 0 spiro atoms. The van der Waals surface area contributed by atoms with Gasteiger partial charge in [0.25, 0.3) is 5.56 Å². The summed E-state index contributed by atoms with van der Waals surface area (Å²) in [7, 11) is 0. The molecule has 3 aromatic rings. The number of allylic oxidation sites excluding steroid dienone is 1. The van der Waals surface area contributed by atoms with Crippen LogP contribution in [-0.2, 0) is 17.5 Å². The second-order valence-corrected chi connectivity index (χ2v) is 8.30. The molecule has 1 N–H and O–H groups in total. The number of hydrogen-bond acceptors (Lipinski definition) is 4. The van der Waals surface area contributed by atoms with Gasteiger partial charge in [-0.1, -0.05) is 41.6 Å². The zero-order valence-electron chi connectivity index (χ0n) is 16.2. The summed E-state index contributed by atoms with van der Waals surface area (Å²) in [6.07, 6.45) is -3.09. The minimum absolute atomic E-state index is 0.151. The Hall–Kier alpha value is -2.78. The lowest BCUT2D eigenvalue weighted by molar-refractivity contribution is -0.137. The van der Waals surface area contributed by atoms with Crippen LogP contribution in [0.15, 0.2) is 65.1 Å². The molecule has 0 saturated heterocycles. The number of aromatic nitrogens is 2. The zero-order chi connectivity index (χ0) is 22.8. The molecule has 1 aromatic heterocycles. The van der Waals surface area contributed by atoms with Gasteiger partial charge in [0.05, 0.1) is 27.4 Å². The van der Waals surface area contributed by atoms with E-state index in [2.05, 4.69) is 16.9 Å². The Morgan fingerprint density at radius 1 is 1.32 bits per heavy atom. The first-order chi connectivity index (χ1) is 14.6. The molecule has 10 heteroatoms. The maximum atomic E-state index is 13.2. The molecule has 0 radical (unpaired) electrons. The van der Waals surface area contributed by atoms with Gasteiger partial charge in [-0.05, 0) is 37.3 Å². The number of carbonyl (C=O) groups excluding carboxylic acids is 1. The lowest BCUT2D eigenvalue weighted by Crippen LogP contribution is -2.27. The Kier molecular flexibility index (Phi) is 6.76. The molecular weight excluding hydrogens is 451 g/mol. The van der Waals surface area contributed by atoms with Crippen molar-refractivity contribution in [1.82, 2.24) is 9.55 Å². The number of alkyl halides is 3. The average Bonchev–Trinajstić information content (AvgIpc) is 2.70. The third-order valence-corrected chi connectivity index (χ3v) is 5.66. The van der Waals surface area contributed by atoms with Gasteiger partial charge in [0.1, 0.15) is 0 Å². The number of rotatable bonds is 6. The summed E-state index contributed by atoms with van der Waals surface area (Å²) in [4.78, 5) is 29.9. The molecule has 1 amide bonds. The molecule has 5 nitrogen and oxygen atoms in total. The summed E-state index contributed by atoms with van der Waals surface area (Å²) < 4.78 is 40.9. The third kappa shape index (κ3) is 5.11. The quantitative estimate of drug-likeness (QED) is 0.300. The molecule has 0 saturated carbocycles. The predicted molar refractivity (Wildman–Crippen MR) is 117 cm³/mol. The highest BCUT2D eigenvalue weighted by Crippen LogP contribution is 2.35. The first-order valence-electron chi connectivity index (χ1n) is 9.06. The number of nitrogens with one attached hydrogen (secondary N) is 1. The van der Waals surface area contributed by atoms with Gasteiger partial charge in [0.15, 0.2) is 5.16 Å². The number of fused-ring (bicyclic) bond motifs is 1. The number of anilines is 1. The van der Waals surface area contributed by atoms with Crippen LogP contribution in [0.2, 0.25) is 5.02 Å². The predicted octanol–water partition coefficient (Wildman–Crippen LogP) is 5.37. The maximum Gasteiger partial charge on any atom is 0.418 e. The number of para-hydroxylation sites is 1. The van der Waals surface area contributed by atoms with Crippen molar-refractivity contribution in [2.75, 3.05) is 5.32 Å². The highest BCUT2D eigenvalue weighted by molar-refractivity contribution is 8.00. The molecule has 0 aliphatic carbocycles. The normalized spacial score (nSPS) is 12.5. The molecule has 162 valence electrons. The fourth-order valence-electron chi connectivity index (χ4n) is 2.84. The minimum Gasteiger partial charge on any atom is -0.325 e. The van der Waals surface area contributed by atoms with Gasteiger partial charge in [0, 0.05) is 11.6 Å². The standard InChI is InChI=1S/C21H17ClF3N3O2S/c1-3-10-28-19(30)14-9-8-13(22)11-17(14)27-20(28)31-12(2)18(29)26-16-7-5-4-6-15(16)21(23,24)25/h3-9,11-12H,1,10H2,2H3,(H,26,29). The van der Waals surface area contributed by atoms with Crippen LogP contribution in [0.3, 0.4) is 0 Å². The van der Waals surface area contributed by atoms with E-state index >= 15 is 0 Å². The van der Waals surface area contributed by atoms with E-state index < -0.39 is 22.9 Å². The van der Waals surface area contributed by atoms with Crippen LogP contribution in [0.5, 0.6) is 0 Å². The number of carbonyl (C=O) groups is 1. The van der Waals surface area contributed by atoms with Gasteiger partial charge in [-0.25, -0.2) is 4.98 Å². The molecule has 1 heterocycles. The third-order valence-electron chi connectivity index (χ3n) is 4.34. The van der Waals surface area contributed by atoms with Crippen molar-refractivity contribution < 1.29 is 18.0 Å². The van der Waals surface area contributed by atoms with Crippen molar-refractivity contribution in [3.8, 4) is 0 Å². The highest BCUT2D eigenvalue weighted by atomic mass is 35.5. The van der Waals surface area contributed by atoms with E-state index in [0.717, 1.165) is 17.8 Å². The van der Waals surface area contributed by atoms with Crippen molar-refractivity contribution in [1.29, 1.82) is 0 Å². The summed E-state index contributed by atoms with van der Waals surface area (Å²) in [5.41, 5.74) is -1.26. The first-order valence-corrected chi connectivity index (χ1v) is 10.3. The maximum absolute atomic E-state index is 13.2. The zero-order valence-corrected chi connectivity index (χ0v) is 17.8. The second-order valence-electron chi connectivity index (χ2n) is 6.55. The van der Waals surface area contributed by atoms with Crippen molar-refractivity contribution in [2.24, 2.45) is 0 Å². The van der Waals surface area contributed by atoms with Crippen LogP contribution in [0.4, 0.5) is 18.9 Å². The molecule has 0 fully saturated rings. The Balaban J connectivity index is 1.92. The molecule has 1 atom stereocenters. The average molecular weight is 468 g/mol. The number of hydrogen-bond donors (Lipinski definition) is 1. The van der Waals surface area contributed by atoms with Crippen molar-refractivity contribution in [3.63, 3.8) is 0 Å². The van der Waals surface area contributed by atoms with Crippen LogP contribution in [-0.4, -0.2) is 20.7 Å². The van der Waals surface area contributed by atoms with Crippen molar-refractivity contribution in [2.45, 2.75) is 30.1 Å². The Morgan fingerprint density at radius 3 is 2.71 bits per heavy atom. The fraction of sp³-hybridized carbons (Fsp3) is 0.190. The van der Waals surface area contributed by atoms with E-state index in [1.54, 1.807) is 12.1 Å². The molecule has 2 aromatic carbocycles. The van der Waals surface area contributed by atoms with Crippen LogP contribution in [0.1, 0.15) is 12.5 Å². The number of benzene rings is 2. The monoisotopic (exact) mass is 467 g/mol. The molecule has 1 unspecified atom stereocenters. The van der Waals surface area contributed by atoms with E-state index in [9.17, 15) is 22.8 Å². The van der Waals surface area contributed by atoms with Gasteiger partial charge in [-0.2, -0.15) is 13.2 Å². The molecular formula is C21H17ClF3N3O2S. The summed E-state index contributed by atoms with van der Waals surface area (Å²) in [6.45, 7) is 5.30.